The number of rotatable bonds is 7. The summed E-state index contributed by atoms with van der Waals surface area (Å²) in [7, 11) is 0. The third-order valence-corrected chi connectivity index (χ3v) is 5.76. The van der Waals surface area contributed by atoms with E-state index in [0.29, 0.717) is 24.4 Å². The van der Waals surface area contributed by atoms with Gasteiger partial charge in [-0.05, 0) is 41.8 Å². The number of tetrazole rings is 1. The molecule has 31 heavy (non-hydrogen) atoms. The van der Waals surface area contributed by atoms with E-state index in [9.17, 15) is 18.4 Å². The van der Waals surface area contributed by atoms with Crippen LogP contribution >= 0.6 is 0 Å². The molecule has 1 fully saturated rings. The molecule has 1 aliphatic carbocycles. The van der Waals surface area contributed by atoms with E-state index < -0.39 is 17.2 Å². The Morgan fingerprint density at radius 2 is 1.97 bits per heavy atom. The summed E-state index contributed by atoms with van der Waals surface area (Å²) in [4.78, 5) is 0. The molecule has 4 rings (SSSR count). The minimum atomic E-state index is -4.43. The summed E-state index contributed by atoms with van der Waals surface area (Å²) in [5, 5.41) is 29.9. The fourth-order valence-electron chi connectivity index (χ4n) is 4.12. The van der Waals surface area contributed by atoms with E-state index in [1.165, 1.54) is 6.07 Å². The first-order chi connectivity index (χ1) is 14.9. The highest BCUT2D eigenvalue weighted by atomic mass is 19.4. The lowest BCUT2D eigenvalue weighted by Crippen LogP contribution is -2.39. The van der Waals surface area contributed by atoms with Crippen LogP contribution in [-0.4, -0.2) is 38.1 Å². The summed E-state index contributed by atoms with van der Waals surface area (Å²) in [6.45, 7) is 0.197. The number of aromatic nitrogens is 4. The summed E-state index contributed by atoms with van der Waals surface area (Å²) in [6.07, 6.45) is -2.11. The number of halogens is 3. The molecular formula is C21H21F3N6O. The van der Waals surface area contributed by atoms with Crippen molar-refractivity contribution in [3.63, 3.8) is 0 Å². The average molecular weight is 430 g/mol. The Hall–Kier alpha value is -3.43. The van der Waals surface area contributed by atoms with Crippen molar-refractivity contribution in [1.29, 1.82) is 0 Å². The van der Waals surface area contributed by atoms with Crippen LogP contribution in [0.4, 0.5) is 18.9 Å². The van der Waals surface area contributed by atoms with E-state index >= 15 is 0 Å². The molecule has 0 amide bonds. The molecule has 0 saturated heterocycles. The van der Waals surface area contributed by atoms with Crippen LogP contribution in [-0.2, 0) is 11.6 Å². The number of hydrogen-bond acceptors (Lipinski definition) is 6. The maximum absolute atomic E-state index is 13.6. The minimum Gasteiger partial charge on any atom is -0.411 e. The Morgan fingerprint density at radius 3 is 2.61 bits per heavy atom. The van der Waals surface area contributed by atoms with Gasteiger partial charge in [-0.1, -0.05) is 41.9 Å². The van der Waals surface area contributed by atoms with E-state index in [-0.39, 0.29) is 18.5 Å². The number of anilines is 1. The van der Waals surface area contributed by atoms with Gasteiger partial charge in [0.15, 0.2) is 0 Å². The van der Waals surface area contributed by atoms with Crippen molar-refractivity contribution in [2.75, 3.05) is 11.9 Å². The van der Waals surface area contributed by atoms with Crippen LogP contribution in [0.2, 0.25) is 0 Å². The van der Waals surface area contributed by atoms with Crippen LogP contribution in [0.1, 0.15) is 36.8 Å². The smallest absolute Gasteiger partial charge is 0.411 e. The molecule has 1 heterocycles. The number of nitrogens with one attached hydrogen (secondary N) is 2. The first kappa shape index (κ1) is 20.8. The zero-order valence-corrected chi connectivity index (χ0v) is 16.5. The molecule has 0 atom stereocenters. The zero-order valence-electron chi connectivity index (χ0n) is 16.5. The van der Waals surface area contributed by atoms with Crippen LogP contribution in [0.25, 0.3) is 11.4 Å². The third kappa shape index (κ3) is 4.37. The highest BCUT2D eigenvalue weighted by Gasteiger charge is 2.45. The van der Waals surface area contributed by atoms with Crippen LogP contribution in [0, 0.1) is 0 Å². The molecule has 0 aliphatic heterocycles. The normalized spacial score (nSPS) is 16.0. The molecule has 162 valence electrons. The number of aromatic amines is 1. The molecule has 7 nitrogen and oxygen atoms in total. The van der Waals surface area contributed by atoms with Crippen molar-refractivity contribution in [2.24, 2.45) is 5.16 Å². The second kappa shape index (κ2) is 8.37. The topological polar surface area (TPSA) is 99.1 Å². The molecule has 0 spiro atoms. The van der Waals surface area contributed by atoms with Gasteiger partial charge in [0.25, 0.3) is 0 Å². The SMILES string of the molecule is O/N=C(\CNc1cccc(-c2nn[nH]n2)c1)CC1(c2ccccc2C(F)(F)F)CCC1. The first-order valence-corrected chi connectivity index (χ1v) is 9.86. The molecule has 0 bridgehead atoms. The number of alkyl halides is 3. The number of benzene rings is 2. The van der Waals surface area contributed by atoms with Gasteiger partial charge in [0, 0.05) is 23.1 Å². The van der Waals surface area contributed by atoms with Gasteiger partial charge < -0.3 is 10.5 Å². The summed E-state index contributed by atoms with van der Waals surface area (Å²) in [5.74, 6) is 0.442. The quantitative estimate of drug-likeness (QED) is 0.288. The van der Waals surface area contributed by atoms with Crippen molar-refractivity contribution in [3.05, 3.63) is 59.7 Å². The number of H-pyrrole nitrogens is 1. The summed E-state index contributed by atoms with van der Waals surface area (Å²) in [6, 6.07) is 13.0. The summed E-state index contributed by atoms with van der Waals surface area (Å²) < 4.78 is 40.7. The van der Waals surface area contributed by atoms with Gasteiger partial charge in [0.1, 0.15) is 0 Å². The standard InChI is InChI=1S/C21H21F3N6O/c22-21(23,24)18-8-2-1-7-17(18)20(9-4-10-20)12-16(28-31)13-25-15-6-3-5-14(11-15)19-26-29-30-27-19/h1-3,5-8,11,25,31H,4,9-10,12-13H2,(H,26,27,29,30)/b28-16-. The Morgan fingerprint density at radius 1 is 1.16 bits per heavy atom. The molecular weight excluding hydrogens is 409 g/mol. The highest BCUT2D eigenvalue weighted by molar-refractivity contribution is 5.89. The molecule has 1 aromatic heterocycles. The molecule has 0 radical (unpaired) electrons. The molecule has 1 aliphatic rings. The Bertz CT molecular complexity index is 1060. The molecule has 10 heteroatoms. The van der Waals surface area contributed by atoms with Crippen LogP contribution < -0.4 is 5.32 Å². The van der Waals surface area contributed by atoms with Crippen LogP contribution in [0.3, 0.4) is 0 Å². The monoisotopic (exact) mass is 430 g/mol. The van der Waals surface area contributed by atoms with Crippen molar-refractivity contribution in [2.45, 2.75) is 37.3 Å². The lowest BCUT2D eigenvalue weighted by atomic mass is 9.60. The van der Waals surface area contributed by atoms with Gasteiger partial charge in [-0.3, -0.25) is 0 Å². The van der Waals surface area contributed by atoms with E-state index in [1.807, 2.05) is 24.3 Å². The van der Waals surface area contributed by atoms with E-state index in [0.717, 1.165) is 23.7 Å². The van der Waals surface area contributed by atoms with Crippen LogP contribution in [0.15, 0.2) is 53.7 Å². The Kier molecular flexibility index (Phi) is 5.62. The molecule has 1 saturated carbocycles. The van der Waals surface area contributed by atoms with Crippen LogP contribution in [0.5, 0.6) is 0 Å². The third-order valence-electron chi connectivity index (χ3n) is 5.76. The molecule has 3 N–H and O–H groups in total. The molecule has 0 unspecified atom stereocenters. The Balaban J connectivity index is 1.50. The van der Waals surface area contributed by atoms with Gasteiger partial charge in [-0.25, -0.2) is 0 Å². The lowest BCUT2D eigenvalue weighted by Gasteiger charge is -2.44. The van der Waals surface area contributed by atoms with E-state index in [1.54, 1.807) is 12.1 Å². The van der Waals surface area contributed by atoms with Gasteiger partial charge in [0.2, 0.25) is 5.82 Å². The number of hydrogen-bond donors (Lipinski definition) is 3. The van der Waals surface area contributed by atoms with Gasteiger partial charge in [-0.2, -0.15) is 18.4 Å². The van der Waals surface area contributed by atoms with Crippen molar-refractivity contribution in [1.82, 2.24) is 20.6 Å². The fourth-order valence-corrected chi connectivity index (χ4v) is 4.12. The predicted molar refractivity (Wildman–Crippen MR) is 109 cm³/mol. The highest BCUT2D eigenvalue weighted by Crippen LogP contribution is 2.50. The van der Waals surface area contributed by atoms with Gasteiger partial charge >= 0.3 is 6.18 Å². The largest absolute Gasteiger partial charge is 0.416 e. The second-order valence-electron chi connectivity index (χ2n) is 7.69. The molecule has 2 aromatic carbocycles. The van der Waals surface area contributed by atoms with E-state index in [2.05, 4.69) is 31.1 Å². The maximum Gasteiger partial charge on any atom is 0.416 e. The minimum absolute atomic E-state index is 0.197. The lowest BCUT2D eigenvalue weighted by molar-refractivity contribution is -0.139. The fraction of sp³-hybridized carbons (Fsp3) is 0.333. The first-order valence-electron chi connectivity index (χ1n) is 9.86. The van der Waals surface area contributed by atoms with Crippen molar-refractivity contribution < 1.29 is 18.4 Å². The molecule has 3 aromatic rings. The van der Waals surface area contributed by atoms with Crippen molar-refractivity contribution >= 4 is 11.4 Å². The zero-order chi connectivity index (χ0) is 21.9. The number of oxime groups is 1. The maximum atomic E-state index is 13.6. The van der Waals surface area contributed by atoms with E-state index in [4.69, 9.17) is 0 Å². The summed E-state index contributed by atoms with van der Waals surface area (Å²) >= 11 is 0. The van der Waals surface area contributed by atoms with Crippen molar-refractivity contribution in [3.8, 4) is 11.4 Å². The average Bonchev–Trinajstić information content (AvgIpc) is 3.27. The van der Waals surface area contributed by atoms with Gasteiger partial charge in [-0.15, -0.1) is 10.2 Å². The van der Waals surface area contributed by atoms with Gasteiger partial charge in [0.05, 0.1) is 17.8 Å². The predicted octanol–water partition coefficient (Wildman–Crippen LogP) is 4.64. The summed E-state index contributed by atoms with van der Waals surface area (Å²) in [5.41, 5.74) is 0.850. The Labute approximate surface area is 176 Å². The second-order valence-corrected chi connectivity index (χ2v) is 7.69. The number of nitrogens with zero attached hydrogens (tertiary/aromatic N) is 4.